The van der Waals surface area contributed by atoms with Crippen LogP contribution in [-0.2, 0) is 15.9 Å². The van der Waals surface area contributed by atoms with E-state index >= 15 is 0 Å². The predicted octanol–water partition coefficient (Wildman–Crippen LogP) is 3.86. The molecule has 12 nitrogen and oxygen atoms in total. The van der Waals surface area contributed by atoms with Gasteiger partial charge in [0.1, 0.15) is 22.8 Å². The summed E-state index contributed by atoms with van der Waals surface area (Å²) in [5.41, 5.74) is 4.88. The number of hydrogen-bond acceptors (Lipinski definition) is 12. The summed E-state index contributed by atoms with van der Waals surface area (Å²) in [4.78, 5) is 27.7. The number of rotatable bonds is 9. The number of benzene rings is 2. The Labute approximate surface area is 267 Å². The summed E-state index contributed by atoms with van der Waals surface area (Å²) >= 11 is 0. The number of phenols is 2. The number of ketones is 2. The van der Waals surface area contributed by atoms with Crippen LogP contribution >= 0.6 is 0 Å². The van der Waals surface area contributed by atoms with Crippen LogP contribution in [0.2, 0.25) is 0 Å². The van der Waals surface area contributed by atoms with Gasteiger partial charge in [0.2, 0.25) is 5.78 Å². The number of carbonyl (C=O) groups is 2. The summed E-state index contributed by atoms with van der Waals surface area (Å²) < 4.78 is 17.6. The Bertz CT molecular complexity index is 1590. The molecule has 46 heavy (non-hydrogen) atoms. The molecule has 1 saturated heterocycles. The van der Waals surface area contributed by atoms with Gasteiger partial charge in [-0.2, -0.15) is 10.2 Å². The number of unbranched alkanes of at least 4 members (excludes halogenated alkanes) is 1. The molecule has 6 atom stereocenters. The maximum atomic E-state index is 13.9. The lowest BCUT2D eigenvalue weighted by molar-refractivity contribution is -0.245. The van der Waals surface area contributed by atoms with Crippen LogP contribution in [0.1, 0.15) is 115 Å². The molecule has 2 aliphatic carbocycles. The lowest BCUT2D eigenvalue weighted by Gasteiger charge is -2.42. The van der Waals surface area contributed by atoms with E-state index in [2.05, 4.69) is 17.1 Å². The highest BCUT2D eigenvalue weighted by Crippen LogP contribution is 2.52. The second kappa shape index (κ2) is 13.2. The first-order valence-corrected chi connectivity index (χ1v) is 15.8. The van der Waals surface area contributed by atoms with Gasteiger partial charge in [0.05, 0.1) is 47.8 Å². The third-order valence-electron chi connectivity index (χ3n) is 9.38. The first-order valence-electron chi connectivity index (χ1n) is 15.8. The van der Waals surface area contributed by atoms with E-state index in [0.29, 0.717) is 6.42 Å². The Morgan fingerprint density at radius 1 is 1.11 bits per heavy atom. The molecule has 0 aromatic heterocycles. The molecule has 0 bridgehead atoms. The molecule has 0 spiro atoms. The van der Waals surface area contributed by atoms with E-state index in [0.717, 1.165) is 25.0 Å². The number of phenolic OH excluding ortho intramolecular Hbond substituents is 2. The number of aliphatic hydroxyl groups excluding tert-OH is 1. The number of ether oxygens (including phenoxy) is 3. The number of nitrogens with zero attached hydrogens (tertiary/aromatic N) is 2. The van der Waals surface area contributed by atoms with Gasteiger partial charge in [0, 0.05) is 47.7 Å². The zero-order chi connectivity index (χ0) is 33.5. The summed E-state index contributed by atoms with van der Waals surface area (Å²) in [5.74, 6) is -2.31. The lowest BCUT2D eigenvalue weighted by Crippen LogP contribution is -2.52. The van der Waals surface area contributed by atoms with Crippen molar-refractivity contribution in [3.05, 3.63) is 51.6 Å². The second-order valence-corrected chi connectivity index (χ2v) is 12.4. The molecule has 0 amide bonds. The van der Waals surface area contributed by atoms with Gasteiger partial charge in [0.25, 0.3) is 0 Å². The Morgan fingerprint density at radius 3 is 2.48 bits per heavy atom. The summed E-state index contributed by atoms with van der Waals surface area (Å²) in [6.07, 6.45) is -0.593. The van der Waals surface area contributed by atoms with Gasteiger partial charge in [-0.1, -0.05) is 32.4 Å². The van der Waals surface area contributed by atoms with E-state index in [9.17, 15) is 30.0 Å². The molecule has 0 radical (unpaired) electrons. The number of carbonyl (C=O) groups excluding carboxylic acids is 2. The maximum Gasteiger partial charge on any atom is 0.202 e. The molecule has 12 heteroatoms. The van der Waals surface area contributed by atoms with Crippen LogP contribution in [0.5, 0.6) is 17.2 Å². The van der Waals surface area contributed by atoms with Crippen molar-refractivity contribution in [1.82, 2.24) is 0 Å². The molecule has 6 unspecified atom stereocenters. The minimum atomic E-state index is -1.73. The molecule has 2 aromatic carbocycles. The van der Waals surface area contributed by atoms with Crippen LogP contribution in [0.15, 0.2) is 28.4 Å². The first-order chi connectivity index (χ1) is 21.9. The number of fused-ring (bicyclic) bond motifs is 3. The quantitative estimate of drug-likeness (QED) is 0.131. The highest BCUT2D eigenvalue weighted by Gasteiger charge is 2.49. The van der Waals surface area contributed by atoms with Crippen LogP contribution in [0.3, 0.4) is 0 Å². The average Bonchev–Trinajstić information content (AvgIpc) is 3.03. The van der Waals surface area contributed by atoms with E-state index in [1.807, 2.05) is 6.92 Å². The SMILES string of the molecule is CCCC/C(CC)=N/N=C(\C)C1(O)Cc2c(O)c3c(c(O)c2C(OC2CC(N)C(O)C(C)O2)C1)C(=O)c1c(OC)cccc1C3=O. The van der Waals surface area contributed by atoms with E-state index in [1.165, 1.54) is 19.2 Å². The van der Waals surface area contributed by atoms with Crippen molar-refractivity contribution in [3.8, 4) is 17.2 Å². The smallest absolute Gasteiger partial charge is 0.202 e. The predicted molar refractivity (Wildman–Crippen MR) is 170 cm³/mol. The van der Waals surface area contributed by atoms with E-state index < -0.39 is 59.3 Å². The molecule has 1 aliphatic heterocycles. The Kier molecular flexibility index (Phi) is 9.67. The Balaban J connectivity index is 1.65. The summed E-state index contributed by atoms with van der Waals surface area (Å²) in [5, 5.41) is 54.7. The van der Waals surface area contributed by atoms with Crippen molar-refractivity contribution in [1.29, 1.82) is 0 Å². The van der Waals surface area contributed by atoms with Crippen molar-refractivity contribution >= 4 is 23.0 Å². The van der Waals surface area contributed by atoms with Crippen LogP contribution in [0.25, 0.3) is 0 Å². The van der Waals surface area contributed by atoms with Gasteiger partial charge in [0.15, 0.2) is 12.1 Å². The normalized spacial score (nSPS) is 28.0. The summed E-state index contributed by atoms with van der Waals surface area (Å²) in [7, 11) is 1.37. The van der Waals surface area contributed by atoms with E-state index in [-0.39, 0.29) is 64.1 Å². The van der Waals surface area contributed by atoms with Crippen LogP contribution < -0.4 is 10.5 Å². The van der Waals surface area contributed by atoms with Gasteiger partial charge in [-0.3, -0.25) is 9.59 Å². The maximum absolute atomic E-state index is 13.9. The molecule has 1 fully saturated rings. The van der Waals surface area contributed by atoms with Crippen molar-refractivity contribution in [3.63, 3.8) is 0 Å². The van der Waals surface area contributed by atoms with Crippen molar-refractivity contribution < 1.29 is 44.2 Å². The number of nitrogens with two attached hydrogens (primary N) is 1. The van der Waals surface area contributed by atoms with Crippen LogP contribution in [0, 0.1) is 0 Å². The highest BCUT2D eigenvalue weighted by atomic mass is 16.7. The van der Waals surface area contributed by atoms with Crippen molar-refractivity contribution in [2.24, 2.45) is 15.9 Å². The second-order valence-electron chi connectivity index (χ2n) is 12.4. The van der Waals surface area contributed by atoms with Gasteiger partial charge in [-0.05, 0) is 39.2 Å². The monoisotopic (exact) mass is 637 g/mol. The average molecular weight is 638 g/mol. The molecule has 6 N–H and O–H groups in total. The molecule has 1 heterocycles. The lowest BCUT2D eigenvalue weighted by atomic mass is 9.72. The molecular formula is C34H43N3O9. The number of methoxy groups -OCH3 is 1. The standard InChI is InChI=1S/C34H43N3O9/c1-6-8-10-18(7-2)37-36-17(4)34(43)14-20-26(23(15-34)46-24-13-21(35)29(38)16(3)45-24)33(42)28-27(31(20)40)30(39)19-11-9-12-22(44-5)25(19)32(28)41/h9,11-12,16,21,23-24,29,38,40,42-43H,6-8,10,13-15,35H2,1-5H3/b36-17+,37-18+. The van der Waals surface area contributed by atoms with Gasteiger partial charge in [-0.25, -0.2) is 0 Å². The molecule has 5 rings (SSSR count). The third kappa shape index (κ3) is 5.84. The van der Waals surface area contributed by atoms with Gasteiger partial charge in [-0.15, -0.1) is 0 Å². The minimum Gasteiger partial charge on any atom is -0.507 e. The van der Waals surface area contributed by atoms with Crippen LogP contribution in [-0.4, -0.2) is 80.7 Å². The topological polar surface area (TPSA) is 193 Å². The largest absolute Gasteiger partial charge is 0.507 e. The van der Waals surface area contributed by atoms with Crippen LogP contribution in [0.4, 0.5) is 0 Å². The van der Waals surface area contributed by atoms with Gasteiger partial charge < -0.3 is 40.4 Å². The number of hydrogen-bond donors (Lipinski definition) is 5. The highest BCUT2D eigenvalue weighted by molar-refractivity contribution is 6.31. The van der Waals surface area contributed by atoms with E-state index in [1.54, 1.807) is 19.9 Å². The molecular weight excluding hydrogens is 594 g/mol. The molecule has 0 saturated carbocycles. The number of aromatic hydroxyl groups is 2. The molecule has 3 aliphatic rings. The van der Waals surface area contributed by atoms with Crippen molar-refractivity contribution in [2.75, 3.05) is 7.11 Å². The van der Waals surface area contributed by atoms with Gasteiger partial charge >= 0.3 is 0 Å². The fourth-order valence-corrected chi connectivity index (χ4v) is 6.58. The summed E-state index contributed by atoms with van der Waals surface area (Å²) in [6.45, 7) is 7.34. The van der Waals surface area contributed by atoms with E-state index in [4.69, 9.17) is 19.9 Å². The minimum absolute atomic E-state index is 0.0220. The molecule has 2 aromatic rings. The fraction of sp³-hybridized carbons (Fsp3) is 0.529. The third-order valence-corrected chi connectivity index (χ3v) is 9.38. The Hall–Kier alpha value is -3.68. The zero-order valence-electron chi connectivity index (χ0n) is 26.9. The first kappa shape index (κ1) is 33.7. The molecule has 248 valence electrons. The zero-order valence-corrected chi connectivity index (χ0v) is 26.9. The summed E-state index contributed by atoms with van der Waals surface area (Å²) in [6, 6.07) is 3.88. The van der Waals surface area contributed by atoms with Crippen molar-refractivity contribution in [2.45, 2.75) is 109 Å². The Morgan fingerprint density at radius 2 is 1.83 bits per heavy atom. The number of aliphatic hydroxyl groups is 2. The fourth-order valence-electron chi connectivity index (χ4n) is 6.58.